The molecule has 1 aliphatic heterocycles. The van der Waals surface area contributed by atoms with Crippen LogP contribution < -0.4 is 10.5 Å². The van der Waals surface area contributed by atoms with E-state index in [0.29, 0.717) is 36.8 Å². The molecule has 8 nitrogen and oxygen atoms in total. The second-order valence-electron chi connectivity index (χ2n) is 7.53. The molecule has 1 amide bonds. The number of anilines is 1. The number of aromatic nitrogens is 3. The molecule has 0 saturated carbocycles. The quantitative estimate of drug-likeness (QED) is 0.693. The topological polar surface area (TPSA) is 107 Å². The van der Waals surface area contributed by atoms with Crippen molar-refractivity contribution in [2.75, 3.05) is 25.9 Å². The maximum Gasteiger partial charge on any atom is 0.272 e. The van der Waals surface area contributed by atoms with E-state index in [1.165, 1.54) is 0 Å². The van der Waals surface area contributed by atoms with Crippen molar-refractivity contribution >= 4 is 11.9 Å². The van der Waals surface area contributed by atoms with Crippen molar-refractivity contribution in [2.45, 2.75) is 32.1 Å². The summed E-state index contributed by atoms with van der Waals surface area (Å²) in [7, 11) is 1.65. The van der Waals surface area contributed by atoms with Gasteiger partial charge in [0.15, 0.2) is 5.89 Å². The fourth-order valence-electron chi connectivity index (χ4n) is 3.76. The van der Waals surface area contributed by atoms with Gasteiger partial charge in [-0.05, 0) is 43.5 Å². The number of rotatable bonds is 5. The summed E-state index contributed by atoms with van der Waals surface area (Å²) in [6.07, 6.45) is 4.24. The van der Waals surface area contributed by atoms with Crippen molar-refractivity contribution in [1.82, 2.24) is 19.9 Å². The molecule has 0 bridgehead atoms. The molecule has 1 atom stereocenters. The Morgan fingerprint density at radius 1 is 1.30 bits per heavy atom. The molecule has 0 aliphatic carbocycles. The Hall–Kier alpha value is -3.42. The number of oxazole rings is 1. The lowest BCUT2D eigenvalue weighted by Crippen LogP contribution is -2.39. The highest BCUT2D eigenvalue weighted by Crippen LogP contribution is 2.28. The van der Waals surface area contributed by atoms with Gasteiger partial charge in [0.05, 0.1) is 19.2 Å². The minimum Gasteiger partial charge on any atom is -0.497 e. The third-order valence-electron chi connectivity index (χ3n) is 5.26. The van der Waals surface area contributed by atoms with Crippen LogP contribution in [0.25, 0.3) is 0 Å². The fraction of sp³-hybridized carbons (Fsp3) is 0.364. The zero-order valence-corrected chi connectivity index (χ0v) is 17.2. The number of carbonyl (C=O) groups is 1. The minimum absolute atomic E-state index is 0.0626. The second-order valence-corrected chi connectivity index (χ2v) is 7.53. The number of nitrogens with two attached hydrogens (primary N) is 1. The maximum atomic E-state index is 12.9. The van der Waals surface area contributed by atoms with E-state index in [1.807, 2.05) is 24.3 Å². The van der Waals surface area contributed by atoms with E-state index in [2.05, 4.69) is 15.0 Å². The second kappa shape index (κ2) is 8.52. The fourth-order valence-corrected chi connectivity index (χ4v) is 3.76. The van der Waals surface area contributed by atoms with Gasteiger partial charge in [-0.2, -0.15) is 0 Å². The molecule has 2 N–H and O–H groups in total. The summed E-state index contributed by atoms with van der Waals surface area (Å²) >= 11 is 0. The number of nitrogens with zero attached hydrogens (tertiary/aromatic N) is 4. The van der Waals surface area contributed by atoms with E-state index < -0.39 is 0 Å². The summed E-state index contributed by atoms with van der Waals surface area (Å²) in [5.41, 5.74) is 7.83. The number of likely N-dealkylation sites (tertiary alicyclic amines) is 1. The number of piperidine rings is 1. The number of amides is 1. The number of hydrogen-bond donors (Lipinski definition) is 1. The number of methoxy groups -OCH3 is 1. The van der Waals surface area contributed by atoms with Gasteiger partial charge in [0.2, 0.25) is 5.95 Å². The predicted molar refractivity (Wildman–Crippen MR) is 111 cm³/mol. The smallest absolute Gasteiger partial charge is 0.272 e. The minimum atomic E-state index is -0.137. The van der Waals surface area contributed by atoms with Crippen molar-refractivity contribution in [3.8, 4) is 5.75 Å². The van der Waals surface area contributed by atoms with Crippen LogP contribution in [0.3, 0.4) is 0 Å². The normalized spacial score (nSPS) is 16.5. The molecule has 3 heterocycles. The molecule has 1 saturated heterocycles. The van der Waals surface area contributed by atoms with Crippen LogP contribution in [0.2, 0.25) is 0 Å². The van der Waals surface area contributed by atoms with Crippen LogP contribution in [-0.4, -0.2) is 46.0 Å². The van der Waals surface area contributed by atoms with Crippen molar-refractivity contribution in [3.05, 3.63) is 65.1 Å². The van der Waals surface area contributed by atoms with Gasteiger partial charge in [-0.15, -0.1) is 0 Å². The van der Waals surface area contributed by atoms with Gasteiger partial charge in [-0.1, -0.05) is 12.1 Å². The molecule has 1 fully saturated rings. The largest absolute Gasteiger partial charge is 0.497 e. The molecule has 0 radical (unpaired) electrons. The first kappa shape index (κ1) is 19.9. The summed E-state index contributed by atoms with van der Waals surface area (Å²) in [6.45, 7) is 3.02. The maximum absolute atomic E-state index is 12.9. The van der Waals surface area contributed by atoms with Gasteiger partial charge in [0, 0.05) is 25.2 Å². The Bertz CT molecular complexity index is 1010. The first-order valence-corrected chi connectivity index (χ1v) is 10.00. The number of carbonyl (C=O) groups excluding carboxylic acids is 1. The number of ether oxygens (including phenoxy) is 1. The summed E-state index contributed by atoms with van der Waals surface area (Å²) in [5.74, 6) is 2.34. The lowest BCUT2D eigenvalue weighted by molar-refractivity contribution is 0.0691. The Morgan fingerprint density at radius 2 is 2.10 bits per heavy atom. The van der Waals surface area contributed by atoms with Crippen LogP contribution in [0.1, 0.15) is 52.2 Å². The van der Waals surface area contributed by atoms with Gasteiger partial charge < -0.3 is 19.8 Å². The lowest BCUT2D eigenvalue weighted by atomic mass is 9.97. The zero-order valence-electron chi connectivity index (χ0n) is 17.2. The average Bonchev–Trinajstić information content (AvgIpc) is 3.22. The van der Waals surface area contributed by atoms with E-state index in [1.54, 1.807) is 31.2 Å². The third kappa shape index (κ3) is 4.42. The Balaban J connectivity index is 1.43. The van der Waals surface area contributed by atoms with Crippen LogP contribution in [-0.2, 0) is 6.42 Å². The predicted octanol–water partition coefficient (Wildman–Crippen LogP) is 2.97. The van der Waals surface area contributed by atoms with Gasteiger partial charge in [-0.3, -0.25) is 4.79 Å². The van der Waals surface area contributed by atoms with Crippen LogP contribution in [0.5, 0.6) is 5.75 Å². The highest BCUT2D eigenvalue weighted by molar-refractivity contribution is 5.92. The van der Waals surface area contributed by atoms with E-state index >= 15 is 0 Å². The van der Waals surface area contributed by atoms with Crippen LogP contribution in [0, 0.1) is 6.92 Å². The first-order valence-electron chi connectivity index (χ1n) is 10.00. The molecule has 30 heavy (non-hydrogen) atoms. The van der Waals surface area contributed by atoms with E-state index in [0.717, 1.165) is 29.9 Å². The third-order valence-corrected chi connectivity index (χ3v) is 5.26. The van der Waals surface area contributed by atoms with Crippen LogP contribution in [0.15, 0.2) is 40.9 Å². The number of nitrogen functional groups attached to an aromatic ring is 1. The zero-order chi connectivity index (χ0) is 21.1. The van der Waals surface area contributed by atoms with E-state index in [4.69, 9.17) is 14.9 Å². The molecular weight excluding hydrogens is 382 g/mol. The highest BCUT2D eigenvalue weighted by Gasteiger charge is 2.29. The van der Waals surface area contributed by atoms with Crippen molar-refractivity contribution in [1.29, 1.82) is 0 Å². The molecule has 0 spiro atoms. The SMILES string of the molecule is COc1ccc(Cc2cnc([C@H]3CCCN(C(=O)c4cc(C)nc(N)n4)C3)o2)cc1. The van der Waals surface area contributed by atoms with Crippen molar-refractivity contribution < 1.29 is 13.9 Å². The van der Waals surface area contributed by atoms with E-state index in [9.17, 15) is 4.79 Å². The Kier molecular flexibility index (Phi) is 5.65. The molecule has 1 aliphatic rings. The average molecular weight is 407 g/mol. The molecular formula is C22H25N5O3. The highest BCUT2D eigenvalue weighted by atomic mass is 16.5. The summed E-state index contributed by atoms with van der Waals surface area (Å²) in [5, 5.41) is 0. The molecule has 1 aromatic carbocycles. The standard InChI is InChI=1S/C22H25N5O3/c1-14-10-19(26-22(23)25-14)21(28)27-9-3-4-16(13-27)20-24-12-18(30-20)11-15-5-7-17(29-2)8-6-15/h5-8,10,12,16H,3-4,9,11,13H2,1-2H3,(H2,23,25,26)/t16-/m0/s1. The van der Waals surface area contributed by atoms with Crippen LogP contribution in [0.4, 0.5) is 5.95 Å². The summed E-state index contributed by atoms with van der Waals surface area (Å²) < 4.78 is 11.2. The number of hydrogen-bond acceptors (Lipinski definition) is 7. The van der Waals surface area contributed by atoms with Gasteiger partial charge in [0.1, 0.15) is 17.2 Å². The van der Waals surface area contributed by atoms with Gasteiger partial charge in [-0.25, -0.2) is 15.0 Å². The molecule has 0 unspecified atom stereocenters. The lowest BCUT2D eigenvalue weighted by Gasteiger charge is -2.31. The summed E-state index contributed by atoms with van der Waals surface area (Å²) in [6, 6.07) is 9.55. The monoisotopic (exact) mass is 407 g/mol. The van der Waals surface area contributed by atoms with Gasteiger partial charge >= 0.3 is 0 Å². The Labute approximate surface area is 175 Å². The number of aryl methyl sites for hydroxylation is 1. The molecule has 4 rings (SSSR count). The van der Waals surface area contributed by atoms with Crippen molar-refractivity contribution in [3.63, 3.8) is 0 Å². The van der Waals surface area contributed by atoms with Crippen molar-refractivity contribution in [2.24, 2.45) is 0 Å². The van der Waals surface area contributed by atoms with E-state index in [-0.39, 0.29) is 17.8 Å². The van der Waals surface area contributed by atoms with Gasteiger partial charge in [0.25, 0.3) is 5.91 Å². The van der Waals surface area contributed by atoms with Crippen LogP contribution >= 0.6 is 0 Å². The number of benzene rings is 1. The molecule has 156 valence electrons. The molecule has 3 aromatic rings. The summed E-state index contributed by atoms with van der Waals surface area (Å²) in [4.78, 5) is 27.3. The Morgan fingerprint density at radius 3 is 2.83 bits per heavy atom. The molecule has 8 heteroatoms. The molecule has 2 aromatic heterocycles. The first-order chi connectivity index (χ1) is 14.5.